The Hall–Kier alpha value is -2.01. The molecule has 0 bridgehead atoms. The summed E-state index contributed by atoms with van der Waals surface area (Å²) in [5, 5.41) is 3.44. The molecule has 2 N–H and O–H groups in total. The molecule has 1 aliphatic heterocycles. The third kappa shape index (κ3) is 2.88. The zero-order valence-corrected chi connectivity index (χ0v) is 10.8. The first-order chi connectivity index (χ1) is 9.43. The third-order valence-corrected chi connectivity index (χ3v) is 3.26. The average molecular weight is 258 g/mol. The van der Waals surface area contributed by atoms with Crippen LogP contribution in [0, 0.1) is 0 Å². The molecule has 0 saturated carbocycles. The van der Waals surface area contributed by atoms with Crippen molar-refractivity contribution in [1.82, 2.24) is 9.97 Å². The Morgan fingerprint density at radius 3 is 2.89 bits per heavy atom. The van der Waals surface area contributed by atoms with Crippen molar-refractivity contribution >= 4 is 11.4 Å². The van der Waals surface area contributed by atoms with E-state index in [1.807, 2.05) is 6.20 Å². The second-order valence-corrected chi connectivity index (χ2v) is 4.51. The Balaban J connectivity index is 1.73. The van der Waals surface area contributed by atoms with Gasteiger partial charge in [0.05, 0.1) is 31.1 Å². The monoisotopic (exact) mass is 258 g/mol. The number of aromatic nitrogens is 2. The molecule has 19 heavy (non-hydrogen) atoms. The number of benzene rings is 1. The smallest absolute Gasteiger partial charge is 0.125 e. The first-order valence-electron chi connectivity index (χ1n) is 6.57. The minimum absolute atomic E-state index is 0.703. The fourth-order valence-corrected chi connectivity index (χ4v) is 2.28. The van der Waals surface area contributed by atoms with Crippen LogP contribution in [0.15, 0.2) is 36.7 Å². The molecule has 5 nitrogen and oxygen atoms in total. The first kappa shape index (κ1) is 12.0. The molecule has 0 unspecified atom stereocenters. The fourth-order valence-electron chi connectivity index (χ4n) is 2.28. The van der Waals surface area contributed by atoms with Gasteiger partial charge in [-0.15, -0.1) is 0 Å². The summed E-state index contributed by atoms with van der Waals surface area (Å²) in [6, 6.07) is 8.38. The van der Waals surface area contributed by atoms with Crippen LogP contribution in [0.25, 0.3) is 0 Å². The molecule has 3 rings (SSSR count). The number of nitrogens with one attached hydrogen (secondary N) is 2. The van der Waals surface area contributed by atoms with Gasteiger partial charge >= 0.3 is 0 Å². The van der Waals surface area contributed by atoms with Crippen LogP contribution in [0.1, 0.15) is 5.82 Å². The number of hydrogen-bond acceptors (Lipinski definition) is 4. The summed E-state index contributed by atoms with van der Waals surface area (Å²) in [5.41, 5.74) is 2.37. The van der Waals surface area contributed by atoms with Gasteiger partial charge in [-0.05, 0) is 12.1 Å². The van der Waals surface area contributed by atoms with E-state index in [0.29, 0.717) is 6.54 Å². The molecule has 0 spiro atoms. The maximum Gasteiger partial charge on any atom is 0.125 e. The van der Waals surface area contributed by atoms with Crippen molar-refractivity contribution in [2.45, 2.75) is 6.54 Å². The van der Waals surface area contributed by atoms with E-state index in [1.54, 1.807) is 6.20 Å². The molecule has 0 atom stereocenters. The van der Waals surface area contributed by atoms with Crippen LogP contribution in [0.3, 0.4) is 0 Å². The topological polar surface area (TPSA) is 53.2 Å². The number of H-pyrrole nitrogens is 1. The number of imidazole rings is 1. The van der Waals surface area contributed by atoms with Gasteiger partial charge < -0.3 is 19.9 Å². The molecule has 1 aliphatic rings. The van der Waals surface area contributed by atoms with Gasteiger partial charge in [-0.1, -0.05) is 12.1 Å². The highest BCUT2D eigenvalue weighted by atomic mass is 16.5. The second-order valence-electron chi connectivity index (χ2n) is 4.51. The van der Waals surface area contributed by atoms with E-state index in [0.717, 1.165) is 37.8 Å². The number of anilines is 2. The summed E-state index contributed by atoms with van der Waals surface area (Å²) in [4.78, 5) is 9.68. The Bertz CT molecular complexity index is 506. The Labute approximate surface area is 112 Å². The maximum absolute atomic E-state index is 5.40. The van der Waals surface area contributed by atoms with Gasteiger partial charge in [0, 0.05) is 25.5 Å². The first-order valence-corrected chi connectivity index (χ1v) is 6.57. The summed E-state index contributed by atoms with van der Waals surface area (Å²) in [6.07, 6.45) is 3.61. The van der Waals surface area contributed by atoms with E-state index in [4.69, 9.17) is 4.74 Å². The summed E-state index contributed by atoms with van der Waals surface area (Å²) in [7, 11) is 0. The lowest BCUT2D eigenvalue weighted by Crippen LogP contribution is -2.36. The molecular formula is C14H18N4O. The Morgan fingerprint density at radius 1 is 1.26 bits per heavy atom. The number of nitrogens with zero attached hydrogens (tertiary/aromatic N) is 2. The molecule has 1 saturated heterocycles. The van der Waals surface area contributed by atoms with Crippen LogP contribution in [-0.2, 0) is 11.3 Å². The second kappa shape index (κ2) is 5.75. The highest BCUT2D eigenvalue weighted by molar-refractivity contribution is 5.70. The van der Waals surface area contributed by atoms with E-state index in [1.165, 1.54) is 5.69 Å². The minimum atomic E-state index is 0.703. The van der Waals surface area contributed by atoms with E-state index < -0.39 is 0 Å². The SMILES string of the molecule is c1ccc(N2CCOCC2)c(NCc2ncc[nH]2)c1. The molecule has 2 aromatic rings. The summed E-state index contributed by atoms with van der Waals surface area (Å²) < 4.78 is 5.40. The molecular weight excluding hydrogens is 240 g/mol. The molecule has 0 radical (unpaired) electrons. The van der Waals surface area contributed by atoms with Crippen LogP contribution in [0.4, 0.5) is 11.4 Å². The predicted octanol–water partition coefficient (Wildman–Crippen LogP) is 1.86. The molecule has 0 amide bonds. The molecule has 100 valence electrons. The predicted molar refractivity (Wildman–Crippen MR) is 75.4 cm³/mol. The number of ether oxygens (including phenoxy) is 1. The van der Waals surface area contributed by atoms with E-state index in [9.17, 15) is 0 Å². The van der Waals surface area contributed by atoms with Gasteiger partial charge in [0.25, 0.3) is 0 Å². The average Bonchev–Trinajstić information content (AvgIpc) is 3.00. The quantitative estimate of drug-likeness (QED) is 0.879. The van der Waals surface area contributed by atoms with Crippen molar-refractivity contribution in [3.8, 4) is 0 Å². The zero-order valence-electron chi connectivity index (χ0n) is 10.8. The largest absolute Gasteiger partial charge is 0.378 e. The van der Waals surface area contributed by atoms with Crippen LogP contribution in [0.5, 0.6) is 0 Å². The maximum atomic E-state index is 5.40. The number of para-hydroxylation sites is 2. The molecule has 1 aromatic carbocycles. The van der Waals surface area contributed by atoms with Crippen molar-refractivity contribution in [3.63, 3.8) is 0 Å². The lowest BCUT2D eigenvalue weighted by molar-refractivity contribution is 0.123. The Morgan fingerprint density at radius 2 is 2.11 bits per heavy atom. The standard InChI is InChI=1S/C14H18N4O/c1-2-4-13(18-7-9-19-10-8-18)12(3-1)17-11-14-15-5-6-16-14/h1-6,17H,7-11H2,(H,15,16). The van der Waals surface area contributed by atoms with Gasteiger partial charge in [-0.2, -0.15) is 0 Å². The molecule has 2 heterocycles. The summed E-state index contributed by atoms with van der Waals surface area (Å²) >= 11 is 0. The van der Waals surface area contributed by atoms with Gasteiger partial charge in [0.2, 0.25) is 0 Å². The molecule has 5 heteroatoms. The van der Waals surface area contributed by atoms with Crippen LogP contribution < -0.4 is 10.2 Å². The lowest BCUT2D eigenvalue weighted by atomic mass is 10.2. The van der Waals surface area contributed by atoms with Crippen molar-refractivity contribution in [3.05, 3.63) is 42.5 Å². The lowest BCUT2D eigenvalue weighted by Gasteiger charge is -2.30. The van der Waals surface area contributed by atoms with Crippen molar-refractivity contribution in [2.24, 2.45) is 0 Å². The fraction of sp³-hybridized carbons (Fsp3) is 0.357. The normalized spacial score (nSPS) is 15.5. The molecule has 1 aromatic heterocycles. The van der Waals surface area contributed by atoms with Gasteiger partial charge in [0.15, 0.2) is 0 Å². The van der Waals surface area contributed by atoms with E-state index in [2.05, 4.69) is 44.5 Å². The number of rotatable bonds is 4. The van der Waals surface area contributed by atoms with Gasteiger partial charge in [0.1, 0.15) is 5.82 Å². The van der Waals surface area contributed by atoms with E-state index >= 15 is 0 Å². The highest BCUT2D eigenvalue weighted by Gasteiger charge is 2.14. The van der Waals surface area contributed by atoms with Crippen LogP contribution >= 0.6 is 0 Å². The van der Waals surface area contributed by atoms with Crippen LogP contribution in [-0.4, -0.2) is 36.3 Å². The Kier molecular flexibility index (Phi) is 3.65. The zero-order chi connectivity index (χ0) is 12.9. The summed E-state index contributed by atoms with van der Waals surface area (Å²) in [6.45, 7) is 4.19. The van der Waals surface area contributed by atoms with E-state index in [-0.39, 0.29) is 0 Å². The van der Waals surface area contributed by atoms with Crippen LogP contribution in [0.2, 0.25) is 0 Å². The van der Waals surface area contributed by atoms with Crippen molar-refractivity contribution in [2.75, 3.05) is 36.5 Å². The van der Waals surface area contributed by atoms with Crippen molar-refractivity contribution in [1.29, 1.82) is 0 Å². The van der Waals surface area contributed by atoms with Gasteiger partial charge in [-0.25, -0.2) is 4.98 Å². The van der Waals surface area contributed by atoms with Gasteiger partial charge in [-0.3, -0.25) is 0 Å². The highest BCUT2D eigenvalue weighted by Crippen LogP contribution is 2.26. The molecule has 0 aliphatic carbocycles. The van der Waals surface area contributed by atoms with Crippen molar-refractivity contribution < 1.29 is 4.74 Å². The minimum Gasteiger partial charge on any atom is -0.378 e. The number of aromatic amines is 1. The number of morpholine rings is 1. The number of hydrogen-bond donors (Lipinski definition) is 2. The molecule has 1 fully saturated rings. The summed E-state index contributed by atoms with van der Waals surface area (Å²) in [5.74, 6) is 0.941. The third-order valence-electron chi connectivity index (χ3n) is 3.26.